The second kappa shape index (κ2) is 5.80. The van der Waals surface area contributed by atoms with E-state index in [9.17, 15) is 0 Å². The Morgan fingerprint density at radius 2 is 2.18 bits per heavy atom. The van der Waals surface area contributed by atoms with Gasteiger partial charge < -0.3 is 14.6 Å². The number of nitrogens with zero attached hydrogens (tertiary/aromatic N) is 2. The highest BCUT2D eigenvalue weighted by Crippen LogP contribution is 2.15. The normalized spacial score (nSPS) is 11.2. The zero-order valence-corrected chi connectivity index (χ0v) is 10.4. The van der Waals surface area contributed by atoms with Gasteiger partial charge >= 0.3 is 0 Å². The molecule has 0 aliphatic rings. The number of fused-ring (bicyclic) bond motifs is 1. The Morgan fingerprint density at radius 1 is 1.35 bits per heavy atom. The Morgan fingerprint density at radius 3 is 2.94 bits per heavy atom. The number of hydrogen-bond donors (Lipinski definition) is 1. The number of rotatable bonds is 6. The Bertz CT molecular complexity index is 478. The average Bonchev–Trinajstić information content (AvgIpc) is 2.72. The molecule has 0 fully saturated rings. The summed E-state index contributed by atoms with van der Waals surface area (Å²) in [6.45, 7) is 5.45. The Labute approximate surface area is 102 Å². The summed E-state index contributed by atoms with van der Waals surface area (Å²) in [5.41, 5.74) is 2.27. The minimum absolute atomic E-state index is 0.729. The smallest absolute Gasteiger partial charge is 0.123 e. The van der Waals surface area contributed by atoms with Gasteiger partial charge in [0.2, 0.25) is 0 Å². The molecule has 0 spiro atoms. The van der Waals surface area contributed by atoms with Crippen molar-refractivity contribution in [3.8, 4) is 0 Å². The van der Waals surface area contributed by atoms with E-state index in [1.54, 1.807) is 7.11 Å². The summed E-state index contributed by atoms with van der Waals surface area (Å²) < 4.78 is 7.25. The lowest BCUT2D eigenvalue weighted by Gasteiger charge is -2.07. The third-order valence-corrected chi connectivity index (χ3v) is 2.82. The van der Waals surface area contributed by atoms with Crippen molar-refractivity contribution in [2.45, 2.75) is 20.0 Å². The highest BCUT2D eigenvalue weighted by atomic mass is 16.5. The molecule has 4 nitrogen and oxygen atoms in total. The third-order valence-electron chi connectivity index (χ3n) is 2.82. The van der Waals surface area contributed by atoms with Crippen molar-refractivity contribution in [3.05, 3.63) is 30.1 Å². The Hall–Kier alpha value is -1.39. The van der Waals surface area contributed by atoms with Crippen LogP contribution in [0.1, 0.15) is 12.7 Å². The number of aryl methyl sites for hydroxylation is 1. The number of imidazole rings is 1. The fourth-order valence-corrected chi connectivity index (χ4v) is 1.99. The molecule has 1 heterocycles. The molecule has 1 aromatic carbocycles. The zero-order valence-electron chi connectivity index (χ0n) is 10.4. The number of aromatic nitrogens is 2. The minimum Gasteiger partial charge on any atom is -0.383 e. The number of benzene rings is 1. The lowest BCUT2D eigenvalue weighted by Crippen LogP contribution is -2.21. The van der Waals surface area contributed by atoms with Gasteiger partial charge in [0.1, 0.15) is 5.82 Å². The maximum Gasteiger partial charge on any atom is 0.123 e. The molecule has 0 saturated carbocycles. The second-order valence-electron chi connectivity index (χ2n) is 3.93. The lowest BCUT2D eigenvalue weighted by atomic mass is 10.3. The van der Waals surface area contributed by atoms with Crippen LogP contribution in [0.25, 0.3) is 11.0 Å². The first kappa shape index (κ1) is 12.1. The van der Waals surface area contributed by atoms with Crippen molar-refractivity contribution in [1.82, 2.24) is 14.9 Å². The van der Waals surface area contributed by atoms with E-state index in [2.05, 4.69) is 40.0 Å². The molecule has 0 unspecified atom stereocenters. The summed E-state index contributed by atoms with van der Waals surface area (Å²) in [6.07, 6.45) is 0. The summed E-state index contributed by atoms with van der Waals surface area (Å²) in [7, 11) is 1.71. The molecule has 0 saturated heterocycles. The van der Waals surface area contributed by atoms with Crippen LogP contribution < -0.4 is 5.32 Å². The van der Waals surface area contributed by atoms with Gasteiger partial charge in [-0.1, -0.05) is 12.1 Å². The third kappa shape index (κ3) is 2.65. The largest absolute Gasteiger partial charge is 0.383 e. The SMILES string of the molecule is CCn1c(CNCCOC)nc2ccccc21. The number of ether oxygens (including phenoxy) is 1. The molecule has 0 atom stereocenters. The van der Waals surface area contributed by atoms with Crippen molar-refractivity contribution in [2.24, 2.45) is 0 Å². The lowest BCUT2D eigenvalue weighted by molar-refractivity contribution is 0.199. The fraction of sp³-hybridized carbons (Fsp3) is 0.462. The van der Waals surface area contributed by atoms with Gasteiger partial charge in [-0.25, -0.2) is 4.98 Å². The standard InChI is InChI=1S/C13H19N3O/c1-3-16-12-7-5-4-6-11(12)15-13(16)10-14-8-9-17-2/h4-7,14H,3,8-10H2,1-2H3. The zero-order chi connectivity index (χ0) is 12.1. The first-order valence-electron chi connectivity index (χ1n) is 6.00. The van der Waals surface area contributed by atoms with Crippen molar-refractivity contribution in [1.29, 1.82) is 0 Å². The van der Waals surface area contributed by atoms with E-state index in [-0.39, 0.29) is 0 Å². The number of para-hydroxylation sites is 2. The monoisotopic (exact) mass is 233 g/mol. The highest BCUT2D eigenvalue weighted by Gasteiger charge is 2.07. The van der Waals surface area contributed by atoms with Crippen LogP contribution in [0.4, 0.5) is 0 Å². The van der Waals surface area contributed by atoms with Gasteiger partial charge in [0.25, 0.3) is 0 Å². The average molecular weight is 233 g/mol. The molecule has 0 bridgehead atoms. The molecule has 17 heavy (non-hydrogen) atoms. The van der Waals surface area contributed by atoms with Crippen LogP contribution in [0.5, 0.6) is 0 Å². The predicted molar refractivity (Wildman–Crippen MR) is 69.0 cm³/mol. The van der Waals surface area contributed by atoms with Crippen LogP contribution in [0, 0.1) is 0 Å². The maximum absolute atomic E-state index is 5.01. The number of nitrogens with one attached hydrogen (secondary N) is 1. The molecule has 2 aromatic rings. The van der Waals surface area contributed by atoms with Gasteiger partial charge in [-0.2, -0.15) is 0 Å². The van der Waals surface area contributed by atoms with E-state index in [1.165, 1.54) is 5.52 Å². The highest BCUT2D eigenvalue weighted by molar-refractivity contribution is 5.75. The molecule has 1 aromatic heterocycles. The summed E-state index contributed by atoms with van der Waals surface area (Å²) in [4.78, 5) is 4.64. The summed E-state index contributed by atoms with van der Waals surface area (Å²) in [5, 5.41) is 3.33. The quantitative estimate of drug-likeness (QED) is 0.773. The Balaban J connectivity index is 2.15. The van der Waals surface area contributed by atoms with E-state index in [0.29, 0.717) is 0 Å². The first-order chi connectivity index (χ1) is 8.36. The fourth-order valence-electron chi connectivity index (χ4n) is 1.99. The second-order valence-corrected chi connectivity index (χ2v) is 3.93. The van der Waals surface area contributed by atoms with Crippen LogP contribution >= 0.6 is 0 Å². The van der Waals surface area contributed by atoms with Crippen LogP contribution in [-0.4, -0.2) is 29.8 Å². The molecule has 0 aliphatic heterocycles. The van der Waals surface area contributed by atoms with Gasteiger partial charge in [0.15, 0.2) is 0 Å². The minimum atomic E-state index is 0.729. The molecule has 1 N–H and O–H groups in total. The van der Waals surface area contributed by atoms with Crippen molar-refractivity contribution in [3.63, 3.8) is 0 Å². The van der Waals surface area contributed by atoms with E-state index in [1.807, 2.05) is 6.07 Å². The molecule has 2 rings (SSSR count). The van der Waals surface area contributed by atoms with Crippen LogP contribution in [0.3, 0.4) is 0 Å². The maximum atomic E-state index is 5.01. The summed E-state index contributed by atoms with van der Waals surface area (Å²) in [6, 6.07) is 8.25. The molecular formula is C13H19N3O. The molecule has 0 amide bonds. The molecular weight excluding hydrogens is 214 g/mol. The topological polar surface area (TPSA) is 39.1 Å². The molecule has 4 heteroatoms. The van der Waals surface area contributed by atoms with Crippen molar-refractivity contribution >= 4 is 11.0 Å². The number of methoxy groups -OCH3 is 1. The Kier molecular flexibility index (Phi) is 4.12. The predicted octanol–water partition coefficient (Wildman–Crippen LogP) is 1.79. The molecule has 92 valence electrons. The van der Waals surface area contributed by atoms with Gasteiger partial charge in [0.05, 0.1) is 24.2 Å². The van der Waals surface area contributed by atoms with Crippen LogP contribution in [0.15, 0.2) is 24.3 Å². The van der Waals surface area contributed by atoms with Crippen LogP contribution in [0.2, 0.25) is 0 Å². The van der Waals surface area contributed by atoms with E-state index in [4.69, 9.17) is 4.74 Å². The van der Waals surface area contributed by atoms with Crippen molar-refractivity contribution < 1.29 is 4.74 Å². The molecule has 0 radical (unpaired) electrons. The summed E-state index contributed by atoms with van der Waals surface area (Å²) in [5.74, 6) is 1.09. The van der Waals surface area contributed by atoms with E-state index in [0.717, 1.165) is 37.6 Å². The van der Waals surface area contributed by atoms with Gasteiger partial charge in [-0.3, -0.25) is 0 Å². The van der Waals surface area contributed by atoms with Gasteiger partial charge in [-0.05, 0) is 19.1 Å². The van der Waals surface area contributed by atoms with Crippen LogP contribution in [-0.2, 0) is 17.8 Å². The van der Waals surface area contributed by atoms with E-state index >= 15 is 0 Å². The van der Waals surface area contributed by atoms with E-state index < -0.39 is 0 Å². The number of hydrogen-bond acceptors (Lipinski definition) is 3. The van der Waals surface area contributed by atoms with Gasteiger partial charge in [0, 0.05) is 20.2 Å². The summed E-state index contributed by atoms with van der Waals surface area (Å²) >= 11 is 0. The molecule has 0 aliphatic carbocycles. The first-order valence-corrected chi connectivity index (χ1v) is 6.00. The van der Waals surface area contributed by atoms with Gasteiger partial charge in [-0.15, -0.1) is 0 Å². The van der Waals surface area contributed by atoms with Crippen molar-refractivity contribution in [2.75, 3.05) is 20.3 Å².